The smallest absolute Gasteiger partial charge is 0.146 e. The van der Waals surface area contributed by atoms with Crippen LogP contribution in [-0.2, 0) is 6.54 Å². The third kappa shape index (κ3) is 3.59. The van der Waals surface area contributed by atoms with Crippen LogP contribution in [0.25, 0.3) is 0 Å². The van der Waals surface area contributed by atoms with Gasteiger partial charge in [-0.15, -0.1) is 0 Å². The molecule has 0 unspecified atom stereocenters. The number of likely N-dealkylation sites (N-methyl/N-ethyl adjacent to an activating group) is 1. The van der Waals surface area contributed by atoms with Crippen LogP contribution in [0.1, 0.15) is 12.5 Å². The summed E-state index contributed by atoms with van der Waals surface area (Å²) in [5.74, 6) is -0.442. The molecule has 0 bridgehead atoms. The Morgan fingerprint density at radius 2 is 2.06 bits per heavy atom. The lowest BCUT2D eigenvalue weighted by Gasteiger charge is -2.19. The molecule has 0 amide bonds. The summed E-state index contributed by atoms with van der Waals surface area (Å²) in [4.78, 5) is 1.91. The van der Waals surface area contributed by atoms with Gasteiger partial charge in [-0.3, -0.25) is 4.90 Å². The number of benzene rings is 1. The molecule has 0 saturated carbocycles. The normalized spacial score (nSPS) is 11.1. The molecule has 0 radical (unpaired) electrons. The number of aliphatic hydroxyl groups is 1. The summed E-state index contributed by atoms with van der Waals surface area (Å²) in [5.41, 5.74) is 0.452. The molecule has 16 heavy (non-hydrogen) atoms. The number of rotatable bonds is 5. The standard InChI is InChI=1S/C11H14Cl2FNO/c1-2-15(3-4-16)7-8-5-9(12)6-10(13)11(8)14/h5-6,16H,2-4,7H2,1H3. The number of aliphatic hydroxyl groups excluding tert-OH is 1. The van der Waals surface area contributed by atoms with Crippen molar-refractivity contribution in [2.24, 2.45) is 0 Å². The average Bonchev–Trinajstić information content (AvgIpc) is 2.24. The molecule has 0 aromatic heterocycles. The minimum atomic E-state index is -0.442. The molecule has 5 heteroatoms. The van der Waals surface area contributed by atoms with Gasteiger partial charge in [0, 0.05) is 23.7 Å². The molecule has 1 aromatic carbocycles. The van der Waals surface area contributed by atoms with Crippen molar-refractivity contribution < 1.29 is 9.50 Å². The van der Waals surface area contributed by atoms with Gasteiger partial charge in [0.15, 0.2) is 0 Å². The number of halogens is 3. The molecular weight excluding hydrogens is 252 g/mol. The van der Waals surface area contributed by atoms with Crippen LogP contribution in [0.4, 0.5) is 4.39 Å². The fourth-order valence-corrected chi connectivity index (χ4v) is 1.99. The van der Waals surface area contributed by atoms with Crippen LogP contribution in [-0.4, -0.2) is 29.7 Å². The Bertz CT molecular complexity index is 360. The van der Waals surface area contributed by atoms with E-state index in [1.165, 1.54) is 6.07 Å². The van der Waals surface area contributed by atoms with Crippen LogP contribution in [0.3, 0.4) is 0 Å². The minimum Gasteiger partial charge on any atom is -0.395 e. The lowest BCUT2D eigenvalue weighted by molar-refractivity contribution is 0.195. The average molecular weight is 266 g/mol. The SMILES string of the molecule is CCN(CCO)Cc1cc(Cl)cc(Cl)c1F. The fourth-order valence-electron chi connectivity index (χ4n) is 1.46. The summed E-state index contributed by atoms with van der Waals surface area (Å²) >= 11 is 11.5. The second kappa shape index (κ2) is 6.40. The molecule has 1 rings (SSSR count). The number of nitrogens with zero attached hydrogens (tertiary/aromatic N) is 1. The summed E-state index contributed by atoms with van der Waals surface area (Å²) in [6, 6.07) is 2.94. The van der Waals surface area contributed by atoms with Crippen LogP contribution in [0.5, 0.6) is 0 Å². The number of hydrogen-bond donors (Lipinski definition) is 1. The first-order chi connectivity index (χ1) is 7.58. The molecule has 0 aliphatic rings. The van der Waals surface area contributed by atoms with E-state index >= 15 is 0 Å². The molecule has 0 atom stereocenters. The topological polar surface area (TPSA) is 23.5 Å². The summed E-state index contributed by atoms with van der Waals surface area (Å²) in [6.45, 7) is 3.61. The first kappa shape index (κ1) is 13.7. The second-order valence-electron chi connectivity index (χ2n) is 3.45. The van der Waals surface area contributed by atoms with Gasteiger partial charge >= 0.3 is 0 Å². The van der Waals surface area contributed by atoms with Crippen LogP contribution in [0, 0.1) is 5.82 Å². The maximum atomic E-state index is 13.6. The van der Waals surface area contributed by atoms with Gasteiger partial charge in [-0.2, -0.15) is 0 Å². The highest BCUT2D eigenvalue weighted by Crippen LogP contribution is 2.24. The van der Waals surface area contributed by atoms with Crippen molar-refractivity contribution in [3.8, 4) is 0 Å². The maximum absolute atomic E-state index is 13.6. The highest BCUT2D eigenvalue weighted by molar-refractivity contribution is 6.34. The van der Waals surface area contributed by atoms with Crippen molar-refractivity contribution in [2.75, 3.05) is 19.7 Å². The molecule has 90 valence electrons. The maximum Gasteiger partial charge on any atom is 0.146 e. The van der Waals surface area contributed by atoms with E-state index in [1.807, 2.05) is 11.8 Å². The van der Waals surface area contributed by atoms with Crippen molar-refractivity contribution >= 4 is 23.2 Å². The molecular formula is C11H14Cl2FNO. The van der Waals surface area contributed by atoms with Gasteiger partial charge < -0.3 is 5.11 Å². The molecule has 0 spiro atoms. The molecule has 0 fully saturated rings. The van der Waals surface area contributed by atoms with Crippen LogP contribution >= 0.6 is 23.2 Å². The Hall–Kier alpha value is -0.350. The Balaban J connectivity index is 2.87. The Morgan fingerprint density at radius 1 is 1.38 bits per heavy atom. The zero-order valence-electron chi connectivity index (χ0n) is 9.01. The summed E-state index contributed by atoms with van der Waals surface area (Å²) in [7, 11) is 0. The van der Waals surface area contributed by atoms with Crippen molar-refractivity contribution in [1.29, 1.82) is 0 Å². The Kier molecular flexibility index (Phi) is 5.49. The third-order valence-corrected chi connectivity index (χ3v) is 2.82. The van der Waals surface area contributed by atoms with E-state index in [1.54, 1.807) is 6.07 Å². The van der Waals surface area contributed by atoms with E-state index in [-0.39, 0.29) is 11.6 Å². The molecule has 0 aliphatic carbocycles. The van der Waals surface area contributed by atoms with Gasteiger partial charge in [0.05, 0.1) is 11.6 Å². The Labute approximate surface area is 105 Å². The lowest BCUT2D eigenvalue weighted by atomic mass is 10.2. The first-order valence-electron chi connectivity index (χ1n) is 5.05. The number of hydrogen-bond acceptors (Lipinski definition) is 2. The predicted octanol–water partition coefficient (Wildman–Crippen LogP) is 2.95. The van der Waals surface area contributed by atoms with E-state index in [0.29, 0.717) is 23.7 Å². The van der Waals surface area contributed by atoms with Gasteiger partial charge in [0.1, 0.15) is 5.82 Å². The quantitative estimate of drug-likeness (QED) is 0.828. The largest absolute Gasteiger partial charge is 0.395 e. The van der Waals surface area contributed by atoms with Gasteiger partial charge in [0.2, 0.25) is 0 Å². The second-order valence-corrected chi connectivity index (χ2v) is 4.30. The molecule has 2 nitrogen and oxygen atoms in total. The molecule has 0 heterocycles. The van der Waals surface area contributed by atoms with Gasteiger partial charge in [-0.05, 0) is 18.7 Å². The highest BCUT2D eigenvalue weighted by Gasteiger charge is 2.11. The van der Waals surface area contributed by atoms with Crippen LogP contribution in [0.15, 0.2) is 12.1 Å². The summed E-state index contributed by atoms with van der Waals surface area (Å²) in [5, 5.41) is 9.28. The molecule has 1 N–H and O–H groups in total. The van der Waals surface area contributed by atoms with E-state index < -0.39 is 5.82 Å². The van der Waals surface area contributed by atoms with Crippen molar-refractivity contribution in [3.63, 3.8) is 0 Å². The van der Waals surface area contributed by atoms with Crippen molar-refractivity contribution in [1.82, 2.24) is 4.90 Å². The van der Waals surface area contributed by atoms with Gasteiger partial charge in [-0.1, -0.05) is 30.1 Å². The van der Waals surface area contributed by atoms with E-state index in [0.717, 1.165) is 6.54 Å². The fraction of sp³-hybridized carbons (Fsp3) is 0.455. The Morgan fingerprint density at radius 3 is 2.62 bits per heavy atom. The summed E-state index contributed by atoms with van der Waals surface area (Å²) < 4.78 is 13.6. The molecule has 0 saturated heterocycles. The van der Waals surface area contributed by atoms with E-state index in [9.17, 15) is 4.39 Å². The monoisotopic (exact) mass is 265 g/mol. The minimum absolute atomic E-state index is 0.0301. The molecule has 1 aromatic rings. The van der Waals surface area contributed by atoms with E-state index in [2.05, 4.69) is 0 Å². The molecule has 0 aliphatic heterocycles. The van der Waals surface area contributed by atoms with E-state index in [4.69, 9.17) is 28.3 Å². The lowest BCUT2D eigenvalue weighted by Crippen LogP contribution is -2.26. The van der Waals surface area contributed by atoms with Gasteiger partial charge in [0.25, 0.3) is 0 Å². The highest BCUT2D eigenvalue weighted by atomic mass is 35.5. The van der Waals surface area contributed by atoms with Crippen molar-refractivity contribution in [3.05, 3.63) is 33.6 Å². The van der Waals surface area contributed by atoms with Crippen molar-refractivity contribution in [2.45, 2.75) is 13.5 Å². The van der Waals surface area contributed by atoms with Crippen LogP contribution < -0.4 is 0 Å². The third-order valence-electron chi connectivity index (χ3n) is 2.33. The van der Waals surface area contributed by atoms with Crippen LogP contribution in [0.2, 0.25) is 10.0 Å². The first-order valence-corrected chi connectivity index (χ1v) is 5.80. The zero-order valence-corrected chi connectivity index (χ0v) is 10.5. The zero-order chi connectivity index (χ0) is 12.1. The van der Waals surface area contributed by atoms with Gasteiger partial charge in [-0.25, -0.2) is 4.39 Å². The predicted molar refractivity (Wildman–Crippen MR) is 64.5 cm³/mol. The summed E-state index contributed by atoms with van der Waals surface area (Å²) in [6.07, 6.45) is 0.